The summed E-state index contributed by atoms with van der Waals surface area (Å²) in [6.07, 6.45) is 3.62. The molecule has 4 heterocycles. The minimum atomic E-state index is -1.10. The number of nitrogens with zero attached hydrogens (tertiary/aromatic N) is 6. The summed E-state index contributed by atoms with van der Waals surface area (Å²) < 4.78 is 8.92. The highest BCUT2D eigenvalue weighted by Crippen LogP contribution is 2.30. The number of ether oxygens (including phenoxy) is 1. The van der Waals surface area contributed by atoms with Gasteiger partial charge in [0.1, 0.15) is 30.3 Å². The van der Waals surface area contributed by atoms with Crippen LogP contribution in [0.1, 0.15) is 5.69 Å². The van der Waals surface area contributed by atoms with Gasteiger partial charge in [0.15, 0.2) is 0 Å². The first-order valence-electron chi connectivity index (χ1n) is 11.5. The fourth-order valence-corrected chi connectivity index (χ4v) is 5.17. The summed E-state index contributed by atoms with van der Waals surface area (Å²) in [4.78, 5) is 18.6. The van der Waals surface area contributed by atoms with Crippen molar-refractivity contribution in [2.45, 2.75) is 39.0 Å². The minimum absolute atomic E-state index is 0.484. The zero-order valence-electron chi connectivity index (χ0n) is 20.0. The van der Waals surface area contributed by atoms with E-state index >= 15 is 0 Å². The molecule has 0 aliphatic carbocycles. The van der Waals surface area contributed by atoms with Crippen LogP contribution < -0.4 is 10.2 Å². The first-order valence-corrected chi connectivity index (χ1v) is 16.0. The topological polar surface area (TPSA) is 71.3 Å². The largest absolute Gasteiger partial charge is 0.364 e. The van der Waals surface area contributed by atoms with Crippen molar-refractivity contribution in [2.24, 2.45) is 0 Å². The number of aromatic nitrogens is 4. The lowest BCUT2D eigenvalue weighted by molar-refractivity contribution is 0.0898. The molecular weight excluding hydrogens is 498 g/mol. The van der Waals surface area contributed by atoms with Gasteiger partial charge in [-0.25, -0.2) is 15.0 Å². The van der Waals surface area contributed by atoms with Crippen molar-refractivity contribution in [3.05, 3.63) is 40.9 Å². The van der Waals surface area contributed by atoms with E-state index in [-0.39, 0.29) is 0 Å². The quantitative estimate of drug-likeness (QED) is 0.326. The van der Waals surface area contributed by atoms with Crippen LogP contribution in [0.4, 0.5) is 11.6 Å². The molecule has 0 amide bonds. The summed E-state index contributed by atoms with van der Waals surface area (Å²) in [7, 11) is 1.06. The molecule has 10 heteroatoms. The van der Waals surface area contributed by atoms with Gasteiger partial charge in [0.2, 0.25) is 0 Å². The fourth-order valence-electron chi connectivity index (χ4n) is 3.80. The van der Waals surface area contributed by atoms with Gasteiger partial charge in [-0.3, -0.25) is 0 Å². The molecule has 0 spiro atoms. The predicted octanol–water partition coefficient (Wildman–Crippen LogP) is 4.27. The summed E-state index contributed by atoms with van der Waals surface area (Å²) in [6, 6.07) is 7.38. The molecule has 0 radical (unpaired) electrons. The first kappa shape index (κ1) is 24.1. The van der Waals surface area contributed by atoms with E-state index in [4.69, 9.17) is 9.72 Å². The van der Waals surface area contributed by atoms with Crippen molar-refractivity contribution in [1.29, 1.82) is 0 Å². The molecule has 0 atom stereocenters. The van der Waals surface area contributed by atoms with Crippen molar-refractivity contribution >= 4 is 46.7 Å². The minimum Gasteiger partial charge on any atom is -0.364 e. The maximum atomic E-state index is 5.94. The summed E-state index contributed by atoms with van der Waals surface area (Å²) >= 11 is 3.69. The predicted molar refractivity (Wildman–Crippen MR) is 141 cm³/mol. The number of anilines is 2. The fraction of sp³-hybridized carbons (Fsp3) is 0.522. The number of fused-ring (bicyclic) bond motifs is 1. The molecule has 0 saturated carbocycles. The number of hydrogen-bond acceptors (Lipinski definition) is 7. The Kier molecular flexibility index (Phi) is 7.68. The molecule has 1 fully saturated rings. The molecule has 33 heavy (non-hydrogen) atoms. The number of halogens is 1. The second kappa shape index (κ2) is 10.5. The standard InChI is InChI=1S/C23H34BrN7OSi/c1-29-8-10-30(11-9-29)20-7-5-6-18(28-20)14-25-22-21-19(24)15-31(23(21)27-16-26-22)17-32-12-13-33(2,3)4/h5-7,15-16H,8-14,17H2,1-4H3,(H,25,26,27). The van der Waals surface area contributed by atoms with Crippen LogP contribution in [0.25, 0.3) is 11.0 Å². The Morgan fingerprint density at radius 3 is 2.67 bits per heavy atom. The van der Waals surface area contributed by atoms with Gasteiger partial charge < -0.3 is 24.4 Å². The molecular formula is C23H34BrN7OSi. The van der Waals surface area contributed by atoms with E-state index in [1.54, 1.807) is 6.33 Å². The van der Waals surface area contributed by atoms with Crippen LogP contribution in [0.2, 0.25) is 25.7 Å². The maximum Gasteiger partial charge on any atom is 0.148 e. The Hall–Kier alpha value is -2.01. The third kappa shape index (κ3) is 6.31. The lowest BCUT2D eigenvalue weighted by atomic mass is 10.3. The third-order valence-electron chi connectivity index (χ3n) is 5.89. The van der Waals surface area contributed by atoms with Crippen molar-refractivity contribution in [2.75, 3.05) is 50.1 Å². The molecule has 0 unspecified atom stereocenters. The van der Waals surface area contributed by atoms with Crippen LogP contribution in [0.5, 0.6) is 0 Å². The van der Waals surface area contributed by atoms with E-state index in [1.807, 2.05) is 10.8 Å². The first-order chi connectivity index (χ1) is 15.8. The molecule has 1 aliphatic heterocycles. The van der Waals surface area contributed by atoms with Crippen molar-refractivity contribution < 1.29 is 4.74 Å². The van der Waals surface area contributed by atoms with E-state index in [0.29, 0.717) is 13.3 Å². The van der Waals surface area contributed by atoms with Gasteiger partial charge in [-0.2, -0.15) is 0 Å². The van der Waals surface area contributed by atoms with Gasteiger partial charge >= 0.3 is 0 Å². The van der Waals surface area contributed by atoms with E-state index in [1.165, 1.54) is 0 Å². The van der Waals surface area contributed by atoms with Crippen LogP contribution in [0, 0.1) is 0 Å². The smallest absolute Gasteiger partial charge is 0.148 e. The molecule has 4 rings (SSSR count). The number of rotatable bonds is 9. The van der Waals surface area contributed by atoms with E-state index in [2.05, 4.69) is 85.9 Å². The van der Waals surface area contributed by atoms with Crippen LogP contribution in [0.3, 0.4) is 0 Å². The molecule has 1 aliphatic rings. The number of likely N-dealkylation sites (N-methyl/N-ethyl adjacent to an activating group) is 1. The Bertz CT molecular complexity index is 1080. The van der Waals surface area contributed by atoms with Crippen LogP contribution >= 0.6 is 15.9 Å². The van der Waals surface area contributed by atoms with Crippen molar-refractivity contribution in [1.82, 2.24) is 24.4 Å². The zero-order valence-corrected chi connectivity index (χ0v) is 22.6. The third-order valence-corrected chi connectivity index (χ3v) is 8.20. The monoisotopic (exact) mass is 531 g/mol. The molecule has 1 N–H and O–H groups in total. The lowest BCUT2D eigenvalue weighted by Gasteiger charge is -2.33. The SMILES string of the molecule is CN1CCN(c2cccc(CNc3ncnc4c3c(Br)cn4COCC[Si](C)(C)C)n2)CC1. The zero-order chi connectivity index (χ0) is 23.4. The average molecular weight is 533 g/mol. The lowest BCUT2D eigenvalue weighted by Crippen LogP contribution is -2.44. The molecule has 8 nitrogen and oxygen atoms in total. The van der Waals surface area contributed by atoms with Crippen molar-refractivity contribution in [3.63, 3.8) is 0 Å². The summed E-state index contributed by atoms with van der Waals surface area (Å²) in [5.41, 5.74) is 1.84. The van der Waals surface area contributed by atoms with E-state index in [0.717, 1.165) is 71.7 Å². The van der Waals surface area contributed by atoms with E-state index < -0.39 is 8.07 Å². The van der Waals surface area contributed by atoms with Gasteiger partial charge in [0.05, 0.1) is 17.6 Å². The number of nitrogens with one attached hydrogen (secondary N) is 1. The maximum absolute atomic E-state index is 5.94. The highest BCUT2D eigenvalue weighted by molar-refractivity contribution is 9.10. The molecule has 3 aromatic rings. The Balaban J connectivity index is 1.43. The van der Waals surface area contributed by atoms with Gasteiger partial charge in [-0.05, 0) is 41.2 Å². The molecule has 0 bridgehead atoms. The van der Waals surface area contributed by atoms with Crippen LogP contribution in [-0.4, -0.2) is 72.3 Å². The molecule has 178 valence electrons. The highest BCUT2D eigenvalue weighted by Gasteiger charge is 2.17. The number of piperazine rings is 1. The summed E-state index contributed by atoms with van der Waals surface area (Å²) in [5, 5.41) is 4.42. The van der Waals surface area contributed by atoms with Gasteiger partial charge in [0.25, 0.3) is 0 Å². The Labute approximate surface area is 205 Å². The van der Waals surface area contributed by atoms with Gasteiger partial charge in [-0.15, -0.1) is 0 Å². The van der Waals surface area contributed by atoms with Crippen molar-refractivity contribution in [3.8, 4) is 0 Å². The molecule has 0 aromatic carbocycles. The van der Waals surface area contributed by atoms with Gasteiger partial charge in [-0.1, -0.05) is 25.7 Å². The number of hydrogen-bond donors (Lipinski definition) is 1. The summed E-state index contributed by atoms with van der Waals surface area (Å²) in [6.45, 7) is 13.1. The normalized spacial score (nSPS) is 15.4. The van der Waals surface area contributed by atoms with E-state index in [9.17, 15) is 0 Å². The Morgan fingerprint density at radius 1 is 1.12 bits per heavy atom. The van der Waals surface area contributed by atoms with Gasteiger partial charge in [0, 0.05) is 51.5 Å². The van der Waals surface area contributed by atoms with Crippen LogP contribution in [-0.2, 0) is 18.0 Å². The number of pyridine rings is 1. The molecule has 1 saturated heterocycles. The second-order valence-electron chi connectivity index (χ2n) is 9.85. The average Bonchev–Trinajstić information content (AvgIpc) is 3.11. The van der Waals surface area contributed by atoms with Crippen LogP contribution in [0.15, 0.2) is 35.2 Å². The second-order valence-corrected chi connectivity index (χ2v) is 16.3. The Morgan fingerprint density at radius 2 is 1.91 bits per heavy atom. The molecule has 3 aromatic heterocycles. The summed E-state index contributed by atoms with van der Waals surface area (Å²) in [5.74, 6) is 1.83. The highest BCUT2D eigenvalue weighted by atomic mass is 79.9.